The summed E-state index contributed by atoms with van der Waals surface area (Å²) in [6.07, 6.45) is -0.211. The Bertz CT molecular complexity index is 1490. The van der Waals surface area contributed by atoms with E-state index in [4.69, 9.17) is 0 Å². The number of thiazole rings is 1. The Morgan fingerprint density at radius 3 is 2.65 bits per heavy atom. The van der Waals surface area contributed by atoms with E-state index < -0.39 is 28.3 Å². The molecule has 0 aliphatic carbocycles. The highest BCUT2D eigenvalue weighted by Gasteiger charge is 2.40. The van der Waals surface area contributed by atoms with E-state index in [1.165, 1.54) is 29.5 Å². The molecule has 1 aliphatic rings. The molecule has 0 bridgehead atoms. The molecule has 1 N–H and O–H groups in total. The van der Waals surface area contributed by atoms with Gasteiger partial charge >= 0.3 is 0 Å². The van der Waals surface area contributed by atoms with E-state index in [1.807, 2.05) is 36.6 Å². The largest absolute Gasteiger partial charge is 0.293 e. The lowest BCUT2D eigenvalue weighted by Crippen LogP contribution is -2.33. The van der Waals surface area contributed by atoms with Crippen molar-refractivity contribution in [1.29, 1.82) is 0 Å². The van der Waals surface area contributed by atoms with Crippen molar-refractivity contribution in [3.05, 3.63) is 74.6 Å². The summed E-state index contributed by atoms with van der Waals surface area (Å²) in [6, 6.07) is 11.8. The smallest absolute Gasteiger partial charge is 0.282 e. The van der Waals surface area contributed by atoms with Gasteiger partial charge < -0.3 is 0 Å². The molecule has 2 aromatic carbocycles. The summed E-state index contributed by atoms with van der Waals surface area (Å²) in [7, 11) is 0. The number of carbonyl (C=O) groups is 3. The Balaban J connectivity index is 1.28. The number of rotatable bonds is 6. The molecule has 0 radical (unpaired) electrons. The fraction of sp³-hybridized carbons (Fsp3) is 0.136. The number of nitro benzene ring substituents is 1. The topological polar surface area (TPSA) is 140 Å². The number of nitro groups is 1. The number of hydrogen-bond acceptors (Lipinski definition) is 8. The van der Waals surface area contributed by atoms with E-state index in [2.05, 4.69) is 15.4 Å². The van der Waals surface area contributed by atoms with E-state index in [0.717, 1.165) is 21.7 Å². The molecule has 0 saturated heterocycles. The summed E-state index contributed by atoms with van der Waals surface area (Å²) >= 11 is 1.38. The van der Waals surface area contributed by atoms with Gasteiger partial charge in [-0.05, 0) is 13.0 Å². The highest BCUT2D eigenvalue weighted by atomic mass is 32.1. The highest BCUT2D eigenvalue weighted by Crippen LogP contribution is 2.31. The van der Waals surface area contributed by atoms with Gasteiger partial charge in [-0.2, -0.15) is 4.98 Å². The number of benzene rings is 2. The monoisotopic (exact) mass is 476 g/mol. The van der Waals surface area contributed by atoms with E-state index in [1.54, 1.807) is 4.52 Å². The average Bonchev–Trinajstić information content (AvgIpc) is 3.45. The first kappa shape index (κ1) is 21.4. The predicted molar refractivity (Wildman–Crippen MR) is 123 cm³/mol. The van der Waals surface area contributed by atoms with E-state index >= 15 is 0 Å². The van der Waals surface area contributed by atoms with Gasteiger partial charge in [-0.1, -0.05) is 35.9 Å². The van der Waals surface area contributed by atoms with E-state index in [0.29, 0.717) is 4.96 Å². The van der Waals surface area contributed by atoms with E-state index in [-0.39, 0.29) is 30.0 Å². The van der Waals surface area contributed by atoms with Crippen LogP contribution in [0.3, 0.4) is 0 Å². The van der Waals surface area contributed by atoms with Gasteiger partial charge in [-0.25, -0.2) is 4.52 Å². The quantitative estimate of drug-likeness (QED) is 0.256. The van der Waals surface area contributed by atoms with Crippen molar-refractivity contribution in [2.24, 2.45) is 0 Å². The minimum atomic E-state index is -0.788. The number of anilines is 1. The molecule has 5 rings (SSSR count). The molecule has 4 aromatic rings. The third-order valence-corrected chi connectivity index (χ3v) is 6.23. The number of hydrogen-bond donors (Lipinski definition) is 1. The number of amides is 3. The van der Waals surface area contributed by atoms with Crippen LogP contribution in [0.25, 0.3) is 16.2 Å². The first-order valence-electron chi connectivity index (χ1n) is 10.2. The van der Waals surface area contributed by atoms with Crippen LogP contribution in [0.5, 0.6) is 0 Å². The van der Waals surface area contributed by atoms with Crippen molar-refractivity contribution in [3.63, 3.8) is 0 Å². The molecule has 0 fully saturated rings. The van der Waals surface area contributed by atoms with Crippen molar-refractivity contribution >= 4 is 45.7 Å². The molecule has 3 amide bonds. The Hall–Kier alpha value is -4.45. The lowest BCUT2D eigenvalue weighted by atomic mass is 10.1. The molecule has 2 aromatic heterocycles. The molecule has 0 spiro atoms. The average molecular weight is 476 g/mol. The molecular weight excluding hydrogens is 460 g/mol. The zero-order chi connectivity index (χ0) is 24.0. The first-order chi connectivity index (χ1) is 16.3. The number of carbonyl (C=O) groups excluding carboxylic acids is 3. The maximum atomic E-state index is 12.6. The summed E-state index contributed by atoms with van der Waals surface area (Å²) in [4.78, 5) is 53.9. The maximum absolute atomic E-state index is 12.6. The molecule has 0 atom stereocenters. The minimum Gasteiger partial charge on any atom is -0.293 e. The summed E-state index contributed by atoms with van der Waals surface area (Å²) in [5.41, 5.74) is 2.20. The van der Waals surface area contributed by atoms with Gasteiger partial charge in [0.15, 0.2) is 0 Å². The second-order valence-corrected chi connectivity index (χ2v) is 8.47. The van der Waals surface area contributed by atoms with Crippen LogP contribution >= 0.6 is 11.3 Å². The van der Waals surface area contributed by atoms with Crippen LogP contribution in [-0.4, -0.2) is 48.7 Å². The van der Waals surface area contributed by atoms with Crippen LogP contribution in [0, 0.1) is 17.0 Å². The molecule has 3 heterocycles. The second kappa shape index (κ2) is 8.15. The molecular formula is C22H16N6O5S. The second-order valence-electron chi connectivity index (χ2n) is 7.63. The van der Waals surface area contributed by atoms with Crippen molar-refractivity contribution in [2.45, 2.75) is 13.3 Å². The number of imide groups is 1. The summed E-state index contributed by atoms with van der Waals surface area (Å²) < 4.78 is 1.63. The van der Waals surface area contributed by atoms with Crippen molar-refractivity contribution in [3.8, 4) is 11.3 Å². The number of fused-ring (bicyclic) bond motifs is 2. The number of aryl methyl sites for hydroxylation is 1. The van der Waals surface area contributed by atoms with Gasteiger partial charge in [0.25, 0.3) is 17.5 Å². The van der Waals surface area contributed by atoms with Crippen molar-refractivity contribution < 1.29 is 19.3 Å². The lowest BCUT2D eigenvalue weighted by Gasteiger charge is -2.12. The van der Waals surface area contributed by atoms with Crippen LogP contribution in [0.2, 0.25) is 0 Å². The van der Waals surface area contributed by atoms with Crippen LogP contribution in [-0.2, 0) is 4.79 Å². The Morgan fingerprint density at radius 2 is 1.91 bits per heavy atom. The summed E-state index contributed by atoms with van der Waals surface area (Å²) in [6.45, 7) is 1.77. The highest BCUT2D eigenvalue weighted by molar-refractivity contribution is 7.15. The zero-order valence-corrected chi connectivity index (χ0v) is 18.5. The molecule has 1 aliphatic heterocycles. The van der Waals surface area contributed by atoms with Gasteiger partial charge in [0.1, 0.15) is 5.56 Å². The van der Waals surface area contributed by atoms with Crippen LogP contribution < -0.4 is 5.32 Å². The van der Waals surface area contributed by atoms with E-state index in [9.17, 15) is 24.5 Å². The third-order valence-electron chi connectivity index (χ3n) is 5.42. The fourth-order valence-corrected chi connectivity index (χ4v) is 4.56. The van der Waals surface area contributed by atoms with Crippen LogP contribution in [0.15, 0.2) is 47.8 Å². The predicted octanol–water partition coefficient (Wildman–Crippen LogP) is 3.30. The van der Waals surface area contributed by atoms with Gasteiger partial charge in [0, 0.05) is 30.0 Å². The normalized spacial score (nSPS) is 12.9. The van der Waals surface area contributed by atoms with Crippen LogP contribution in [0.4, 0.5) is 11.6 Å². The molecule has 34 heavy (non-hydrogen) atoms. The summed E-state index contributed by atoms with van der Waals surface area (Å²) in [5, 5.41) is 20.1. The van der Waals surface area contributed by atoms with Gasteiger partial charge in [0.05, 0.1) is 16.2 Å². The fourth-order valence-electron chi connectivity index (χ4n) is 3.73. The maximum Gasteiger partial charge on any atom is 0.282 e. The Labute approximate surface area is 195 Å². The van der Waals surface area contributed by atoms with Crippen LogP contribution in [0.1, 0.15) is 32.7 Å². The third kappa shape index (κ3) is 3.59. The summed E-state index contributed by atoms with van der Waals surface area (Å²) in [5.74, 6) is -1.85. The molecule has 170 valence electrons. The SMILES string of the molecule is Cc1ccc(-c2csc3nc(NC(=O)CCN4C(=O)c5cccc([N+](=O)[O-])c5C4=O)nn23)cc1. The number of aromatic nitrogens is 3. The number of nitrogens with one attached hydrogen (secondary N) is 1. The standard InChI is InChI=1S/C22H16N6O5S/c1-12-5-7-13(8-6-12)16-11-34-22-24-21(25-27(16)22)23-17(29)9-10-26-19(30)14-3-2-4-15(28(32)33)18(14)20(26)31/h2-8,11H,9-10H2,1H3,(H,23,25,29). The molecule has 11 nitrogen and oxygen atoms in total. The first-order valence-corrected chi connectivity index (χ1v) is 11.1. The molecule has 0 saturated carbocycles. The zero-order valence-electron chi connectivity index (χ0n) is 17.7. The van der Waals surface area contributed by atoms with Gasteiger partial charge in [-0.15, -0.1) is 16.4 Å². The Kier molecular flexibility index (Phi) is 5.13. The Morgan fingerprint density at radius 1 is 1.15 bits per heavy atom. The number of nitrogens with zero attached hydrogens (tertiary/aromatic N) is 5. The van der Waals surface area contributed by atoms with Crippen molar-refractivity contribution in [1.82, 2.24) is 19.5 Å². The van der Waals surface area contributed by atoms with Gasteiger partial charge in [0.2, 0.25) is 16.8 Å². The molecule has 0 unspecified atom stereocenters. The van der Waals surface area contributed by atoms with Crippen molar-refractivity contribution in [2.75, 3.05) is 11.9 Å². The minimum absolute atomic E-state index is 0.0424. The lowest BCUT2D eigenvalue weighted by molar-refractivity contribution is -0.385. The van der Waals surface area contributed by atoms with Gasteiger partial charge in [-0.3, -0.25) is 34.7 Å². The molecule has 12 heteroatoms.